The maximum Gasteiger partial charge on any atom is 0.237 e. The van der Waals surface area contributed by atoms with Crippen LogP contribution in [-0.4, -0.2) is 30.7 Å². The van der Waals surface area contributed by atoms with Gasteiger partial charge >= 0.3 is 0 Å². The molecule has 0 aromatic carbocycles. The van der Waals surface area contributed by atoms with Crippen molar-refractivity contribution in [3.05, 3.63) is 0 Å². The van der Waals surface area contributed by atoms with Gasteiger partial charge in [-0.15, -0.1) is 0 Å². The Morgan fingerprint density at radius 1 is 1.32 bits per heavy atom. The van der Waals surface area contributed by atoms with Crippen LogP contribution in [0.3, 0.4) is 0 Å². The van der Waals surface area contributed by atoms with E-state index in [2.05, 4.69) is 19.2 Å². The summed E-state index contributed by atoms with van der Waals surface area (Å²) in [6.07, 6.45) is 4.56. The third kappa shape index (κ3) is 5.11. The Bertz CT molecular complexity index is 286. The van der Waals surface area contributed by atoms with Crippen molar-refractivity contribution in [3.8, 4) is 0 Å². The molecule has 0 aromatic rings. The summed E-state index contributed by atoms with van der Waals surface area (Å²) in [7, 11) is 0. The van der Waals surface area contributed by atoms with Crippen molar-refractivity contribution in [1.82, 2.24) is 5.32 Å². The second-order valence-corrected chi connectivity index (χ2v) is 6.39. The van der Waals surface area contributed by atoms with E-state index in [1.807, 2.05) is 13.8 Å². The molecule has 0 spiro atoms. The second-order valence-electron chi connectivity index (χ2n) is 6.39. The van der Waals surface area contributed by atoms with Crippen LogP contribution >= 0.6 is 0 Å². The summed E-state index contributed by atoms with van der Waals surface area (Å²) in [6.45, 7) is 9.74. The van der Waals surface area contributed by atoms with Gasteiger partial charge in [-0.25, -0.2) is 0 Å². The molecule has 112 valence electrons. The van der Waals surface area contributed by atoms with E-state index < -0.39 is 5.54 Å². The number of nitrogens with two attached hydrogens (primary N) is 1. The molecule has 3 N–H and O–H groups in total. The van der Waals surface area contributed by atoms with E-state index in [1.165, 1.54) is 6.42 Å². The van der Waals surface area contributed by atoms with Gasteiger partial charge in [-0.2, -0.15) is 0 Å². The van der Waals surface area contributed by atoms with Crippen LogP contribution in [-0.2, 0) is 9.53 Å². The monoisotopic (exact) mass is 270 g/mol. The van der Waals surface area contributed by atoms with E-state index in [4.69, 9.17) is 10.5 Å². The van der Waals surface area contributed by atoms with Crippen molar-refractivity contribution in [3.63, 3.8) is 0 Å². The Morgan fingerprint density at radius 3 is 2.37 bits per heavy atom. The van der Waals surface area contributed by atoms with Crippen molar-refractivity contribution in [2.75, 3.05) is 13.2 Å². The molecule has 3 unspecified atom stereocenters. The molecule has 0 saturated heterocycles. The minimum absolute atomic E-state index is 0.302. The van der Waals surface area contributed by atoms with E-state index in [0.717, 1.165) is 31.2 Å². The number of ether oxygens (including phenoxy) is 1. The van der Waals surface area contributed by atoms with Crippen LogP contribution in [0.25, 0.3) is 0 Å². The lowest BCUT2D eigenvalue weighted by molar-refractivity contribution is -0.125. The molecule has 0 aliphatic heterocycles. The molecule has 4 heteroatoms. The maximum atomic E-state index is 11.5. The average molecular weight is 270 g/mol. The van der Waals surface area contributed by atoms with Crippen molar-refractivity contribution in [2.45, 2.75) is 65.0 Å². The van der Waals surface area contributed by atoms with Crippen molar-refractivity contribution in [2.24, 2.45) is 17.6 Å². The molecule has 0 radical (unpaired) electrons. The summed E-state index contributed by atoms with van der Waals surface area (Å²) in [5.41, 5.74) is 4.81. The summed E-state index contributed by atoms with van der Waals surface area (Å²) in [5, 5.41) is 3.16. The van der Waals surface area contributed by atoms with Gasteiger partial charge in [-0.1, -0.05) is 20.8 Å². The molecule has 1 fully saturated rings. The fourth-order valence-corrected chi connectivity index (χ4v) is 3.13. The fourth-order valence-electron chi connectivity index (χ4n) is 3.13. The lowest BCUT2D eigenvalue weighted by atomic mass is 9.82. The third-order valence-corrected chi connectivity index (χ3v) is 4.20. The van der Waals surface area contributed by atoms with Crippen LogP contribution in [0.1, 0.15) is 53.4 Å². The molecule has 3 atom stereocenters. The molecular weight excluding hydrogens is 240 g/mol. The number of likely N-dealkylation sites (N-methyl/N-ethyl adjacent to an activating group) is 1. The van der Waals surface area contributed by atoms with Crippen molar-refractivity contribution >= 4 is 5.91 Å². The smallest absolute Gasteiger partial charge is 0.237 e. The zero-order chi connectivity index (χ0) is 14.5. The van der Waals surface area contributed by atoms with Gasteiger partial charge in [0, 0.05) is 6.61 Å². The van der Waals surface area contributed by atoms with Gasteiger partial charge in [0.15, 0.2) is 0 Å². The van der Waals surface area contributed by atoms with Crippen LogP contribution in [0.5, 0.6) is 0 Å². The summed E-state index contributed by atoms with van der Waals surface area (Å²) >= 11 is 0. The van der Waals surface area contributed by atoms with Crippen LogP contribution in [0.2, 0.25) is 0 Å². The predicted molar refractivity (Wildman–Crippen MR) is 77.8 cm³/mol. The largest absolute Gasteiger partial charge is 0.378 e. The molecule has 19 heavy (non-hydrogen) atoms. The normalized spacial score (nSPS) is 30.8. The first-order valence-electron chi connectivity index (χ1n) is 7.54. The van der Waals surface area contributed by atoms with E-state index in [-0.39, 0.29) is 5.91 Å². The van der Waals surface area contributed by atoms with Gasteiger partial charge in [0.1, 0.15) is 0 Å². The first kappa shape index (κ1) is 16.4. The number of amides is 1. The molecular formula is C15H30N2O2. The zero-order valence-corrected chi connectivity index (χ0v) is 12.9. The van der Waals surface area contributed by atoms with E-state index >= 15 is 0 Å². The molecule has 1 aliphatic carbocycles. The number of hydrogen-bond donors (Lipinski definition) is 2. The van der Waals surface area contributed by atoms with Crippen molar-refractivity contribution < 1.29 is 9.53 Å². The molecule has 0 bridgehead atoms. The number of hydrogen-bond acceptors (Lipinski definition) is 3. The van der Waals surface area contributed by atoms with E-state index in [9.17, 15) is 4.79 Å². The van der Waals surface area contributed by atoms with Gasteiger partial charge in [-0.3, -0.25) is 4.79 Å². The summed E-state index contributed by atoms with van der Waals surface area (Å²) in [4.78, 5) is 11.5. The highest BCUT2D eigenvalue weighted by molar-refractivity contribution is 5.84. The zero-order valence-electron chi connectivity index (χ0n) is 12.9. The minimum Gasteiger partial charge on any atom is -0.378 e. The Hall–Kier alpha value is -0.610. The van der Waals surface area contributed by atoms with Gasteiger partial charge < -0.3 is 15.8 Å². The molecule has 0 heterocycles. The van der Waals surface area contributed by atoms with E-state index in [0.29, 0.717) is 19.1 Å². The molecule has 0 aromatic heterocycles. The minimum atomic E-state index is -0.652. The molecule has 4 nitrogen and oxygen atoms in total. The van der Waals surface area contributed by atoms with Crippen LogP contribution in [0, 0.1) is 11.8 Å². The summed E-state index contributed by atoms with van der Waals surface area (Å²) < 4.78 is 5.97. The van der Waals surface area contributed by atoms with Gasteiger partial charge in [0.05, 0.1) is 11.6 Å². The highest BCUT2D eigenvalue weighted by Crippen LogP contribution is 2.30. The van der Waals surface area contributed by atoms with Crippen molar-refractivity contribution in [1.29, 1.82) is 0 Å². The number of rotatable bonds is 7. The summed E-state index contributed by atoms with van der Waals surface area (Å²) in [5.74, 6) is 1.18. The standard InChI is InChI=1S/C15H30N2O2/c1-5-17-15(4,14(16)18)6-7-19-13-9-11(2)8-12(3)10-13/h11-13,17H,5-10H2,1-4H3,(H2,16,18). The highest BCUT2D eigenvalue weighted by Gasteiger charge is 2.30. The third-order valence-electron chi connectivity index (χ3n) is 4.20. The lowest BCUT2D eigenvalue weighted by Crippen LogP contribution is -2.53. The Balaban J connectivity index is 2.37. The number of nitrogens with one attached hydrogen (secondary N) is 1. The fraction of sp³-hybridized carbons (Fsp3) is 0.933. The van der Waals surface area contributed by atoms with Crippen LogP contribution in [0.15, 0.2) is 0 Å². The number of primary amides is 1. The van der Waals surface area contributed by atoms with Crippen LogP contribution in [0.4, 0.5) is 0 Å². The highest BCUT2D eigenvalue weighted by atomic mass is 16.5. The summed E-state index contributed by atoms with van der Waals surface area (Å²) in [6, 6.07) is 0. The maximum absolute atomic E-state index is 11.5. The number of carbonyl (C=O) groups excluding carboxylic acids is 1. The SMILES string of the molecule is CCNC(C)(CCOC1CC(C)CC(C)C1)C(N)=O. The second kappa shape index (κ2) is 7.25. The van der Waals surface area contributed by atoms with Gasteiger partial charge in [0.2, 0.25) is 5.91 Å². The van der Waals surface area contributed by atoms with Gasteiger partial charge in [0.25, 0.3) is 0 Å². The quantitative estimate of drug-likeness (QED) is 0.744. The molecule has 1 saturated carbocycles. The van der Waals surface area contributed by atoms with Gasteiger partial charge in [-0.05, 0) is 51.0 Å². The Labute approximate surface area is 117 Å². The van der Waals surface area contributed by atoms with E-state index in [1.54, 1.807) is 0 Å². The number of carbonyl (C=O) groups is 1. The average Bonchev–Trinajstić information content (AvgIpc) is 2.27. The predicted octanol–water partition coefficient (Wildman–Crippen LogP) is 2.07. The first-order valence-corrected chi connectivity index (χ1v) is 7.54. The Morgan fingerprint density at radius 2 is 1.89 bits per heavy atom. The first-order chi connectivity index (χ1) is 8.87. The lowest BCUT2D eigenvalue weighted by Gasteiger charge is -2.33. The Kier molecular flexibility index (Phi) is 6.27. The molecule has 1 aliphatic rings. The molecule has 1 amide bonds. The van der Waals surface area contributed by atoms with Crippen LogP contribution < -0.4 is 11.1 Å². The topological polar surface area (TPSA) is 64.3 Å². The molecule has 1 rings (SSSR count).